The highest BCUT2D eigenvalue weighted by atomic mass is 35.5. The zero-order valence-corrected chi connectivity index (χ0v) is 18.3. The molecule has 0 bridgehead atoms. The number of nitrogens with zero attached hydrogens (tertiary/aromatic N) is 6. The topological polar surface area (TPSA) is 78.6 Å². The van der Waals surface area contributed by atoms with Crippen molar-refractivity contribution in [3.05, 3.63) is 70.5 Å². The van der Waals surface area contributed by atoms with Crippen molar-refractivity contribution in [3.63, 3.8) is 0 Å². The van der Waals surface area contributed by atoms with Gasteiger partial charge in [-0.2, -0.15) is 15.1 Å². The Bertz CT molecular complexity index is 1240. The fourth-order valence-corrected chi connectivity index (χ4v) is 4.02. The molecule has 31 heavy (non-hydrogen) atoms. The molecule has 0 amide bonds. The number of pyridine rings is 2. The number of aromatic nitrogens is 6. The summed E-state index contributed by atoms with van der Waals surface area (Å²) >= 11 is 6.35. The van der Waals surface area contributed by atoms with E-state index in [0.717, 1.165) is 52.8 Å². The van der Waals surface area contributed by atoms with E-state index in [1.165, 1.54) is 0 Å². The van der Waals surface area contributed by atoms with Crippen LogP contribution >= 0.6 is 11.6 Å². The van der Waals surface area contributed by atoms with Crippen molar-refractivity contribution in [1.29, 1.82) is 0 Å². The highest BCUT2D eigenvalue weighted by Gasteiger charge is 2.40. The second-order valence-electron chi connectivity index (χ2n) is 8.08. The van der Waals surface area contributed by atoms with Crippen molar-refractivity contribution in [2.75, 3.05) is 6.61 Å². The van der Waals surface area contributed by atoms with Crippen LogP contribution in [0, 0.1) is 12.8 Å². The van der Waals surface area contributed by atoms with Crippen LogP contribution in [-0.4, -0.2) is 36.3 Å². The van der Waals surface area contributed by atoms with E-state index in [1.54, 1.807) is 10.9 Å². The number of halogens is 1. The molecule has 7 nitrogen and oxygen atoms in total. The summed E-state index contributed by atoms with van der Waals surface area (Å²) in [6, 6.07) is 8.35. The van der Waals surface area contributed by atoms with Crippen LogP contribution in [0.15, 0.2) is 42.9 Å². The van der Waals surface area contributed by atoms with E-state index in [4.69, 9.17) is 21.3 Å². The minimum Gasteiger partial charge on any atom is -0.463 e. The molecular formula is C23H23ClN6O. The monoisotopic (exact) mass is 434 g/mol. The maximum atomic E-state index is 6.35. The smallest absolute Gasteiger partial charge is 0.318 e. The average molecular weight is 435 g/mol. The van der Waals surface area contributed by atoms with Crippen molar-refractivity contribution in [2.45, 2.75) is 32.1 Å². The van der Waals surface area contributed by atoms with Crippen molar-refractivity contribution in [1.82, 2.24) is 29.7 Å². The molecule has 8 heteroatoms. The van der Waals surface area contributed by atoms with Gasteiger partial charge in [-0.1, -0.05) is 11.6 Å². The van der Waals surface area contributed by atoms with Gasteiger partial charge in [-0.05, 0) is 56.0 Å². The van der Waals surface area contributed by atoms with E-state index in [9.17, 15) is 0 Å². The molecule has 1 saturated carbocycles. The predicted octanol–water partition coefficient (Wildman–Crippen LogP) is 4.08. The van der Waals surface area contributed by atoms with Gasteiger partial charge in [0.1, 0.15) is 5.15 Å². The van der Waals surface area contributed by atoms with E-state index in [0.29, 0.717) is 29.6 Å². The zero-order chi connectivity index (χ0) is 21.4. The Morgan fingerprint density at radius 1 is 1.13 bits per heavy atom. The summed E-state index contributed by atoms with van der Waals surface area (Å²) in [7, 11) is 1.91. The lowest BCUT2D eigenvalue weighted by Gasteiger charge is -2.10. The Morgan fingerprint density at radius 3 is 2.87 bits per heavy atom. The van der Waals surface area contributed by atoms with Crippen LogP contribution < -0.4 is 4.74 Å². The molecule has 0 unspecified atom stereocenters. The van der Waals surface area contributed by atoms with Crippen molar-refractivity contribution in [3.8, 4) is 6.01 Å². The van der Waals surface area contributed by atoms with Crippen LogP contribution in [0.3, 0.4) is 0 Å². The average Bonchev–Trinajstić information content (AvgIpc) is 3.44. The van der Waals surface area contributed by atoms with Gasteiger partial charge in [0.2, 0.25) is 0 Å². The molecule has 1 fully saturated rings. The summed E-state index contributed by atoms with van der Waals surface area (Å²) in [5, 5.41) is 4.66. The predicted molar refractivity (Wildman–Crippen MR) is 118 cm³/mol. The third-order valence-electron chi connectivity index (χ3n) is 5.78. The molecule has 0 aromatic carbocycles. The van der Waals surface area contributed by atoms with Crippen LogP contribution in [-0.2, 0) is 19.9 Å². The molecular weight excluding hydrogens is 412 g/mol. The summed E-state index contributed by atoms with van der Waals surface area (Å²) in [4.78, 5) is 18.0. The van der Waals surface area contributed by atoms with Crippen molar-refractivity contribution < 1.29 is 4.74 Å². The molecule has 2 atom stereocenters. The molecule has 0 spiro atoms. The molecule has 1 aliphatic carbocycles. The molecule has 158 valence electrons. The van der Waals surface area contributed by atoms with Gasteiger partial charge in [-0.25, -0.2) is 0 Å². The van der Waals surface area contributed by atoms with Crippen LogP contribution in [0.2, 0.25) is 5.15 Å². The quantitative estimate of drug-likeness (QED) is 0.408. The van der Waals surface area contributed by atoms with Crippen LogP contribution in [0.1, 0.15) is 34.9 Å². The number of hydrogen-bond acceptors (Lipinski definition) is 6. The Kier molecular flexibility index (Phi) is 5.28. The SMILES string of the molecule is Cc1c(Cl)nc(OC[C@H]2C[C@@H]2c2ccc3ncccc3n2)nc1CCc1cnn(C)c1. The fourth-order valence-electron chi connectivity index (χ4n) is 3.84. The summed E-state index contributed by atoms with van der Waals surface area (Å²) in [6.07, 6.45) is 8.33. The van der Waals surface area contributed by atoms with Crippen LogP contribution in [0.4, 0.5) is 0 Å². The molecule has 0 aliphatic heterocycles. The lowest BCUT2D eigenvalue weighted by Crippen LogP contribution is -2.08. The second kappa shape index (κ2) is 8.23. The van der Waals surface area contributed by atoms with Crippen LogP contribution in [0.5, 0.6) is 6.01 Å². The van der Waals surface area contributed by atoms with E-state index in [2.05, 4.69) is 26.1 Å². The number of aryl methyl sites for hydroxylation is 3. The zero-order valence-electron chi connectivity index (χ0n) is 17.5. The van der Waals surface area contributed by atoms with Gasteiger partial charge in [-0.15, -0.1) is 0 Å². The lowest BCUT2D eigenvalue weighted by atomic mass is 10.1. The minimum atomic E-state index is 0.345. The molecule has 0 radical (unpaired) electrons. The Labute approximate surface area is 185 Å². The Hall–Kier alpha value is -3.06. The minimum absolute atomic E-state index is 0.345. The molecule has 1 aliphatic rings. The summed E-state index contributed by atoms with van der Waals surface area (Å²) in [5.41, 5.74) is 5.91. The van der Waals surface area contributed by atoms with Gasteiger partial charge in [0, 0.05) is 42.5 Å². The van der Waals surface area contributed by atoms with Gasteiger partial charge in [0.25, 0.3) is 0 Å². The number of rotatable bonds is 7. The number of fused-ring (bicyclic) bond motifs is 1. The highest BCUT2D eigenvalue weighted by molar-refractivity contribution is 6.30. The van der Waals surface area contributed by atoms with Gasteiger partial charge in [0.15, 0.2) is 0 Å². The molecule has 4 heterocycles. The van der Waals surface area contributed by atoms with Crippen molar-refractivity contribution >= 4 is 22.6 Å². The number of ether oxygens (including phenoxy) is 1. The normalized spacial score (nSPS) is 17.8. The van der Waals surface area contributed by atoms with Gasteiger partial charge in [-0.3, -0.25) is 14.6 Å². The first kappa shape index (κ1) is 19.9. The molecule has 0 N–H and O–H groups in total. The standard InChI is InChI=1S/C23H23ClN6O/c1-14-18(6-5-15-11-26-30(2)12-15)28-23(29-22(14)24)31-13-16-10-17(16)19-7-8-20-21(27-19)4-3-9-25-20/h3-4,7-9,11-12,16-17H,5-6,10,13H2,1-2H3/t16-,17+/m1/s1. The third kappa shape index (κ3) is 4.37. The largest absolute Gasteiger partial charge is 0.463 e. The van der Waals surface area contributed by atoms with E-state index < -0.39 is 0 Å². The van der Waals surface area contributed by atoms with E-state index in [1.807, 2.05) is 44.6 Å². The summed E-state index contributed by atoms with van der Waals surface area (Å²) in [5.74, 6) is 0.805. The molecule has 4 aromatic heterocycles. The van der Waals surface area contributed by atoms with E-state index in [-0.39, 0.29) is 0 Å². The van der Waals surface area contributed by atoms with Crippen LogP contribution in [0.25, 0.3) is 11.0 Å². The van der Waals surface area contributed by atoms with Crippen molar-refractivity contribution in [2.24, 2.45) is 13.0 Å². The lowest BCUT2D eigenvalue weighted by molar-refractivity contribution is 0.272. The first-order chi connectivity index (χ1) is 15.1. The summed E-state index contributed by atoms with van der Waals surface area (Å²) < 4.78 is 7.74. The third-order valence-corrected chi connectivity index (χ3v) is 6.15. The second-order valence-corrected chi connectivity index (χ2v) is 8.44. The van der Waals surface area contributed by atoms with Gasteiger partial charge in [0.05, 0.1) is 29.5 Å². The molecule has 0 saturated heterocycles. The fraction of sp³-hybridized carbons (Fsp3) is 0.348. The first-order valence-corrected chi connectivity index (χ1v) is 10.8. The van der Waals surface area contributed by atoms with E-state index >= 15 is 0 Å². The molecule has 5 rings (SSSR count). The van der Waals surface area contributed by atoms with Gasteiger partial charge >= 0.3 is 6.01 Å². The maximum absolute atomic E-state index is 6.35. The summed E-state index contributed by atoms with van der Waals surface area (Å²) in [6.45, 7) is 2.50. The van der Waals surface area contributed by atoms with Gasteiger partial charge < -0.3 is 4.74 Å². The Morgan fingerprint density at radius 2 is 2.03 bits per heavy atom. The number of hydrogen-bond donors (Lipinski definition) is 0. The maximum Gasteiger partial charge on any atom is 0.318 e. The highest BCUT2D eigenvalue weighted by Crippen LogP contribution is 2.47. The molecule has 4 aromatic rings. The Balaban J connectivity index is 1.22. The first-order valence-electron chi connectivity index (χ1n) is 10.4.